The van der Waals surface area contributed by atoms with E-state index in [2.05, 4.69) is 14.9 Å². The van der Waals surface area contributed by atoms with Crippen LogP contribution in [0.25, 0.3) is 5.69 Å². The average Bonchev–Trinajstić information content (AvgIpc) is 2.90. The van der Waals surface area contributed by atoms with E-state index in [1.807, 2.05) is 6.20 Å². The van der Waals surface area contributed by atoms with E-state index in [9.17, 15) is 4.39 Å². The van der Waals surface area contributed by atoms with Crippen LogP contribution in [0, 0.1) is 5.82 Å². The molecule has 3 nitrogen and oxygen atoms in total. The lowest BCUT2D eigenvalue weighted by Gasteiger charge is -2.23. The molecule has 2 heterocycles. The van der Waals surface area contributed by atoms with Gasteiger partial charge >= 0.3 is 0 Å². The molecule has 1 unspecified atom stereocenters. The van der Waals surface area contributed by atoms with Crippen LogP contribution in [0.2, 0.25) is 0 Å². The van der Waals surface area contributed by atoms with Crippen molar-refractivity contribution in [1.82, 2.24) is 14.9 Å². The zero-order chi connectivity index (χ0) is 12.4. The van der Waals surface area contributed by atoms with Gasteiger partial charge in [-0.05, 0) is 43.7 Å². The number of aromatic nitrogens is 2. The third-order valence-corrected chi connectivity index (χ3v) is 3.49. The quantitative estimate of drug-likeness (QED) is 0.881. The minimum Gasteiger partial charge on any atom is -0.316 e. The van der Waals surface area contributed by atoms with Crippen LogP contribution in [0.4, 0.5) is 4.39 Å². The summed E-state index contributed by atoms with van der Waals surface area (Å²) in [6.45, 7) is 2.09. The molecule has 18 heavy (non-hydrogen) atoms. The van der Waals surface area contributed by atoms with Gasteiger partial charge in [0.15, 0.2) is 0 Å². The van der Waals surface area contributed by atoms with Crippen molar-refractivity contribution in [2.75, 3.05) is 13.1 Å². The summed E-state index contributed by atoms with van der Waals surface area (Å²) in [5.41, 5.74) is 2.17. The molecule has 94 valence electrons. The van der Waals surface area contributed by atoms with Crippen LogP contribution in [-0.2, 0) is 0 Å². The van der Waals surface area contributed by atoms with E-state index in [4.69, 9.17) is 0 Å². The van der Waals surface area contributed by atoms with Crippen LogP contribution in [-0.4, -0.2) is 22.6 Å². The Kier molecular flexibility index (Phi) is 3.11. The molecule has 1 aromatic carbocycles. The number of rotatable bonds is 2. The fraction of sp³-hybridized carbons (Fsp3) is 0.357. The van der Waals surface area contributed by atoms with Gasteiger partial charge in [0.2, 0.25) is 0 Å². The van der Waals surface area contributed by atoms with Gasteiger partial charge in [0.25, 0.3) is 0 Å². The molecule has 0 aliphatic carbocycles. The van der Waals surface area contributed by atoms with Gasteiger partial charge in [-0.1, -0.05) is 0 Å². The van der Waals surface area contributed by atoms with Crippen molar-refractivity contribution in [3.63, 3.8) is 0 Å². The Morgan fingerprint density at radius 2 is 2.11 bits per heavy atom. The minimum absolute atomic E-state index is 0.209. The van der Waals surface area contributed by atoms with Crippen molar-refractivity contribution in [2.24, 2.45) is 0 Å². The Morgan fingerprint density at radius 1 is 1.28 bits per heavy atom. The van der Waals surface area contributed by atoms with Crippen molar-refractivity contribution < 1.29 is 4.39 Å². The molecule has 0 bridgehead atoms. The molecule has 1 atom stereocenters. The summed E-state index contributed by atoms with van der Waals surface area (Å²) in [5.74, 6) is 0.283. The molecule has 1 aromatic heterocycles. The van der Waals surface area contributed by atoms with Gasteiger partial charge in [-0.3, -0.25) is 0 Å². The molecule has 4 heteroatoms. The molecular weight excluding hydrogens is 229 g/mol. The number of hydrogen-bond donors (Lipinski definition) is 1. The van der Waals surface area contributed by atoms with Crippen LogP contribution in [0.1, 0.15) is 24.5 Å². The molecule has 0 amide bonds. The van der Waals surface area contributed by atoms with Crippen molar-refractivity contribution in [2.45, 2.75) is 18.8 Å². The molecule has 0 spiro atoms. The van der Waals surface area contributed by atoms with E-state index in [1.165, 1.54) is 30.7 Å². The maximum absolute atomic E-state index is 12.9. The Hall–Kier alpha value is -1.68. The zero-order valence-corrected chi connectivity index (χ0v) is 10.1. The molecule has 1 N–H and O–H groups in total. The van der Waals surface area contributed by atoms with E-state index in [0.29, 0.717) is 5.92 Å². The topological polar surface area (TPSA) is 29.9 Å². The molecular formula is C14H16FN3. The van der Waals surface area contributed by atoms with Gasteiger partial charge in [-0.25, -0.2) is 9.37 Å². The highest BCUT2D eigenvalue weighted by molar-refractivity contribution is 5.34. The van der Waals surface area contributed by atoms with Gasteiger partial charge in [0.1, 0.15) is 5.82 Å². The summed E-state index contributed by atoms with van der Waals surface area (Å²) in [6.07, 6.45) is 6.09. The number of imidazole rings is 1. The smallest absolute Gasteiger partial charge is 0.123 e. The average molecular weight is 245 g/mol. The lowest BCUT2D eigenvalue weighted by atomic mass is 9.96. The largest absolute Gasteiger partial charge is 0.316 e. The second-order valence-electron chi connectivity index (χ2n) is 4.71. The third kappa shape index (κ3) is 2.16. The Morgan fingerprint density at radius 3 is 2.83 bits per heavy atom. The van der Waals surface area contributed by atoms with Crippen molar-refractivity contribution in [1.29, 1.82) is 0 Å². The predicted octanol–water partition coefficient (Wildman–Crippen LogP) is 2.48. The minimum atomic E-state index is -0.209. The van der Waals surface area contributed by atoms with Gasteiger partial charge in [0.05, 0.1) is 6.33 Å². The monoisotopic (exact) mass is 245 g/mol. The second kappa shape index (κ2) is 4.90. The van der Waals surface area contributed by atoms with Crippen LogP contribution in [0.5, 0.6) is 0 Å². The Bertz CT molecular complexity index is 512. The maximum Gasteiger partial charge on any atom is 0.123 e. The summed E-state index contributed by atoms with van der Waals surface area (Å²) in [5, 5.41) is 3.41. The zero-order valence-electron chi connectivity index (χ0n) is 10.1. The number of nitrogens with zero attached hydrogens (tertiary/aromatic N) is 2. The first-order valence-electron chi connectivity index (χ1n) is 6.33. The van der Waals surface area contributed by atoms with E-state index >= 15 is 0 Å². The molecule has 0 radical (unpaired) electrons. The first-order chi connectivity index (χ1) is 8.84. The first-order valence-corrected chi connectivity index (χ1v) is 6.33. The first kappa shape index (κ1) is 11.4. The van der Waals surface area contributed by atoms with Gasteiger partial charge < -0.3 is 9.88 Å². The highest BCUT2D eigenvalue weighted by atomic mass is 19.1. The standard InChI is InChI=1S/C14H16FN3/c15-12-3-5-13(6-4-12)18-10-17-9-14(18)11-2-1-7-16-8-11/h3-6,9-11,16H,1-2,7-8H2. The van der Waals surface area contributed by atoms with Gasteiger partial charge in [-0.15, -0.1) is 0 Å². The maximum atomic E-state index is 12.9. The van der Waals surface area contributed by atoms with E-state index in [-0.39, 0.29) is 5.82 Å². The Labute approximate surface area is 106 Å². The molecule has 0 saturated carbocycles. The summed E-state index contributed by atoms with van der Waals surface area (Å²) >= 11 is 0. The number of hydrogen-bond acceptors (Lipinski definition) is 2. The fourth-order valence-electron chi connectivity index (χ4n) is 2.53. The predicted molar refractivity (Wildman–Crippen MR) is 68.4 cm³/mol. The second-order valence-corrected chi connectivity index (χ2v) is 4.71. The lowest BCUT2D eigenvalue weighted by Crippen LogP contribution is -2.29. The third-order valence-electron chi connectivity index (χ3n) is 3.49. The summed E-state index contributed by atoms with van der Waals surface area (Å²) in [4.78, 5) is 4.24. The SMILES string of the molecule is Fc1ccc(-n2cncc2C2CCCNC2)cc1. The molecule has 2 aromatic rings. The highest BCUT2D eigenvalue weighted by Gasteiger charge is 2.19. The van der Waals surface area contributed by atoms with Crippen LogP contribution < -0.4 is 5.32 Å². The number of piperidine rings is 1. The molecule has 1 fully saturated rings. The van der Waals surface area contributed by atoms with Crippen molar-refractivity contribution in [3.05, 3.63) is 48.3 Å². The summed E-state index contributed by atoms with van der Waals surface area (Å²) in [6, 6.07) is 6.55. The molecule has 1 aliphatic rings. The number of halogens is 1. The van der Waals surface area contributed by atoms with Crippen LogP contribution in [0.3, 0.4) is 0 Å². The number of nitrogens with one attached hydrogen (secondary N) is 1. The van der Waals surface area contributed by atoms with E-state index < -0.39 is 0 Å². The molecule has 1 saturated heterocycles. The lowest BCUT2D eigenvalue weighted by molar-refractivity contribution is 0.451. The van der Waals surface area contributed by atoms with Crippen LogP contribution in [0.15, 0.2) is 36.8 Å². The normalized spacial score (nSPS) is 19.9. The van der Waals surface area contributed by atoms with Crippen molar-refractivity contribution >= 4 is 0 Å². The number of benzene rings is 1. The summed E-state index contributed by atoms with van der Waals surface area (Å²) in [7, 11) is 0. The van der Waals surface area contributed by atoms with Crippen LogP contribution >= 0.6 is 0 Å². The Balaban J connectivity index is 1.93. The fourth-order valence-corrected chi connectivity index (χ4v) is 2.53. The van der Waals surface area contributed by atoms with E-state index in [1.54, 1.807) is 18.5 Å². The molecule has 1 aliphatic heterocycles. The van der Waals surface area contributed by atoms with Crippen molar-refractivity contribution in [3.8, 4) is 5.69 Å². The van der Waals surface area contributed by atoms with E-state index in [0.717, 1.165) is 18.8 Å². The molecule has 3 rings (SSSR count). The highest BCUT2D eigenvalue weighted by Crippen LogP contribution is 2.25. The van der Waals surface area contributed by atoms with Gasteiger partial charge in [0, 0.05) is 30.0 Å². The van der Waals surface area contributed by atoms with Gasteiger partial charge in [-0.2, -0.15) is 0 Å². The summed E-state index contributed by atoms with van der Waals surface area (Å²) < 4.78 is 15.0.